The number of nitrogens with zero attached hydrogens (tertiary/aromatic N) is 2. The van der Waals surface area contributed by atoms with Crippen molar-refractivity contribution >= 4 is 29.4 Å². The van der Waals surface area contributed by atoms with Gasteiger partial charge in [-0.2, -0.15) is 4.57 Å². The van der Waals surface area contributed by atoms with E-state index in [2.05, 4.69) is 5.32 Å². The first-order valence-electron chi connectivity index (χ1n) is 11.7. The smallest absolute Gasteiger partial charge is 0.388 e. The molecule has 1 aromatic heterocycles. The lowest BCUT2D eigenvalue weighted by molar-refractivity contribution is -0.727. The third-order valence-electron chi connectivity index (χ3n) is 6.64. The van der Waals surface area contributed by atoms with Gasteiger partial charge in [0.2, 0.25) is 0 Å². The number of rotatable bonds is 7. The average molecular weight is 487 g/mol. The topological polar surface area (TPSA) is 79.6 Å². The summed E-state index contributed by atoms with van der Waals surface area (Å²) < 4.78 is 7.17. The summed E-state index contributed by atoms with van der Waals surface area (Å²) in [5, 5.41) is 3.41. The van der Waals surface area contributed by atoms with Crippen LogP contribution in [0.25, 0.3) is 0 Å². The van der Waals surface area contributed by atoms with Gasteiger partial charge in [-0.25, -0.2) is 4.79 Å². The molecule has 0 bridgehead atoms. The van der Waals surface area contributed by atoms with Crippen molar-refractivity contribution in [3.05, 3.63) is 64.9 Å². The lowest BCUT2D eigenvalue weighted by atomic mass is 9.74. The molecule has 0 aliphatic heterocycles. The number of hydrogen-bond acceptors (Lipinski definition) is 4. The maximum Gasteiger partial charge on any atom is 0.415 e. The Morgan fingerprint density at radius 3 is 2.59 bits per heavy atom. The average Bonchev–Trinajstić information content (AvgIpc) is 2.83. The van der Waals surface area contributed by atoms with Crippen molar-refractivity contribution in [2.24, 2.45) is 5.92 Å². The monoisotopic (exact) mass is 486 g/mol. The molecule has 7 nitrogen and oxygen atoms in total. The Morgan fingerprint density at radius 1 is 1.18 bits per heavy atom. The lowest BCUT2D eigenvalue weighted by Gasteiger charge is -2.43. The number of likely N-dealkylation sites (N-methyl/N-ethyl adjacent to an activating group) is 1. The maximum absolute atomic E-state index is 13.2. The molecule has 0 saturated heterocycles. The normalized spacial score (nSPS) is 18.9. The van der Waals surface area contributed by atoms with Gasteiger partial charge < -0.3 is 10.1 Å². The van der Waals surface area contributed by atoms with E-state index >= 15 is 0 Å². The van der Waals surface area contributed by atoms with Gasteiger partial charge in [0.15, 0.2) is 18.2 Å². The number of pyridine rings is 1. The number of aromatic nitrogens is 1. The molecule has 2 atom stereocenters. The van der Waals surface area contributed by atoms with Crippen LogP contribution < -0.4 is 9.88 Å². The number of carbonyl (C=O) groups is 3. The zero-order valence-corrected chi connectivity index (χ0v) is 21.0. The van der Waals surface area contributed by atoms with Crippen molar-refractivity contribution in [3.8, 4) is 0 Å². The minimum Gasteiger partial charge on any atom is -0.388 e. The molecule has 1 saturated carbocycles. The van der Waals surface area contributed by atoms with Crippen molar-refractivity contribution in [3.63, 3.8) is 0 Å². The van der Waals surface area contributed by atoms with Crippen LogP contribution in [0.1, 0.15) is 62.4 Å². The van der Waals surface area contributed by atoms with E-state index in [1.807, 2.05) is 26.8 Å². The molecular formula is C26H33ClN3O4+. The number of ketones is 1. The summed E-state index contributed by atoms with van der Waals surface area (Å²) >= 11 is 6.46. The Bertz CT molecular complexity index is 1060. The summed E-state index contributed by atoms with van der Waals surface area (Å²) in [5.74, 6) is 0.0746. The van der Waals surface area contributed by atoms with Gasteiger partial charge >= 0.3 is 6.09 Å². The molecule has 1 fully saturated rings. The van der Waals surface area contributed by atoms with Crippen molar-refractivity contribution in [2.45, 2.75) is 64.8 Å². The fourth-order valence-corrected chi connectivity index (χ4v) is 4.50. The summed E-state index contributed by atoms with van der Waals surface area (Å²) in [4.78, 5) is 40.2. The summed E-state index contributed by atoms with van der Waals surface area (Å²) in [6.45, 7) is 5.94. The number of carbonyl (C=O) groups excluding carboxylic acids is 3. The molecule has 3 rings (SSSR count). The molecule has 1 aliphatic rings. The number of nitrogens with one attached hydrogen (secondary N) is 1. The van der Waals surface area contributed by atoms with Gasteiger partial charge in [-0.05, 0) is 44.2 Å². The number of benzene rings is 1. The zero-order chi connectivity index (χ0) is 24.9. The van der Waals surface area contributed by atoms with Crippen LogP contribution in [-0.2, 0) is 21.8 Å². The number of hydrogen-bond donors (Lipinski definition) is 1. The van der Waals surface area contributed by atoms with Crippen LogP contribution in [-0.4, -0.2) is 35.8 Å². The van der Waals surface area contributed by atoms with Crippen LogP contribution in [0.3, 0.4) is 0 Å². The Labute approximate surface area is 206 Å². The summed E-state index contributed by atoms with van der Waals surface area (Å²) in [5.41, 5.74) is -0.0756. The molecule has 0 radical (unpaired) electrons. The number of amides is 2. The molecule has 0 spiro atoms. The Balaban J connectivity index is 1.76. The zero-order valence-electron chi connectivity index (χ0n) is 20.2. The first kappa shape index (κ1) is 25.7. The van der Waals surface area contributed by atoms with E-state index in [1.165, 1.54) is 4.90 Å². The van der Waals surface area contributed by atoms with E-state index in [4.69, 9.17) is 16.3 Å². The first-order chi connectivity index (χ1) is 16.2. The van der Waals surface area contributed by atoms with Crippen molar-refractivity contribution in [1.82, 2.24) is 10.2 Å². The van der Waals surface area contributed by atoms with Gasteiger partial charge in [0.1, 0.15) is 11.1 Å². The first-order valence-corrected chi connectivity index (χ1v) is 12.0. The van der Waals surface area contributed by atoms with Gasteiger partial charge in [-0.3, -0.25) is 14.5 Å². The molecule has 1 heterocycles. The predicted molar refractivity (Wildman–Crippen MR) is 129 cm³/mol. The van der Waals surface area contributed by atoms with Crippen LogP contribution in [0.15, 0.2) is 48.8 Å². The Hall–Kier alpha value is -2.93. The molecule has 2 aromatic rings. The van der Waals surface area contributed by atoms with E-state index in [-0.39, 0.29) is 24.5 Å². The van der Waals surface area contributed by atoms with Gasteiger partial charge in [0.05, 0.1) is 0 Å². The third-order valence-corrected chi connectivity index (χ3v) is 6.97. The molecule has 1 aromatic carbocycles. The largest absolute Gasteiger partial charge is 0.415 e. The van der Waals surface area contributed by atoms with E-state index in [0.29, 0.717) is 34.9 Å². The minimum atomic E-state index is -1.16. The highest BCUT2D eigenvalue weighted by atomic mass is 35.5. The Morgan fingerprint density at radius 2 is 1.91 bits per heavy atom. The van der Waals surface area contributed by atoms with Gasteiger partial charge in [0, 0.05) is 36.2 Å². The molecule has 0 unspecified atom stereocenters. The second-order valence-electron chi connectivity index (χ2n) is 9.18. The van der Waals surface area contributed by atoms with Crippen LogP contribution in [0.5, 0.6) is 0 Å². The van der Waals surface area contributed by atoms with Crippen molar-refractivity contribution in [2.75, 3.05) is 7.05 Å². The summed E-state index contributed by atoms with van der Waals surface area (Å²) in [6, 6.07) is 10.6. The SMILES string of the molecule is CC(C)[C@@H](C)NC(=O)c1ccc[n+](COC(=O)N(C)[C@@]2(c3ccccc3Cl)CCCCC2=O)c1. The molecule has 2 amide bonds. The Kier molecular flexibility index (Phi) is 8.31. The highest BCUT2D eigenvalue weighted by molar-refractivity contribution is 6.31. The fourth-order valence-electron chi connectivity index (χ4n) is 4.21. The third kappa shape index (κ3) is 5.41. The standard InChI is InChI=1S/C26H32ClN3O4/c1-18(2)19(3)28-24(32)20-10-9-15-30(16-20)17-34-25(33)29(4)26(14-8-7-13-23(26)31)21-11-5-6-12-22(21)27/h5-6,9-12,15-16,18-19H,7-8,13-14,17H2,1-4H3/p+1/t19-,26-/m1/s1. The van der Waals surface area contributed by atoms with Gasteiger partial charge in [-0.15, -0.1) is 0 Å². The van der Waals surface area contributed by atoms with E-state index in [0.717, 1.165) is 12.8 Å². The molecule has 34 heavy (non-hydrogen) atoms. The van der Waals surface area contributed by atoms with Crippen LogP contribution in [0.2, 0.25) is 5.02 Å². The van der Waals surface area contributed by atoms with Gasteiger partial charge in [0.25, 0.3) is 12.6 Å². The number of Topliss-reactive ketones (excluding diaryl/α,β-unsaturated/α-hetero) is 1. The second-order valence-corrected chi connectivity index (χ2v) is 9.59. The number of ether oxygens (including phenoxy) is 1. The van der Waals surface area contributed by atoms with Gasteiger partial charge in [-0.1, -0.05) is 43.6 Å². The second kappa shape index (κ2) is 11.0. The number of halogens is 1. The van der Waals surface area contributed by atoms with Crippen LogP contribution in [0, 0.1) is 5.92 Å². The predicted octanol–water partition coefficient (Wildman–Crippen LogP) is 4.47. The summed E-state index contributed by atoms with van der Waals surface area (Å²) in [6.07, 6.45) is 5.16. The molecular weight excluding hydrogens is 454 g/mol. The van der Waals surface area contributed by atoms with E-state index in [9.17, 15) is 14.4 Å². The maximum atomic E-state index is 13.2. The molecule has 8 heteroatoms. The van der Waals surface area contributed by atoms with Crippen LogP contribution in [0.4, 0.5) is 4.79 Å². The lowest BCUT2D eigenvalue weighted by Crippen LogP contribution is -2.55. The van der Waals surface area contributed by atoms with E-state index in [1.54, 1.807) is 54.3 Å². The molecule has 182 valence electrons. The van der Waals surface area contributed by atoms with Crippen molar-refractivity contribution < 1.29 is 23.7 Å². The fraction of sp³-hybridized carbons (Fsp3) is 0.462. The minimum absolute atomic E-state index is 0.0293. The van der Waals surface area contributed by atoms with E-state index < -0.39 is 11.6 Å². The highest BCUT2D eigenvalue weighted by Crippen LogP contribution is 2.42. The van der Waals surface area contributed by atoms with Crippen molar-refractivity contribution in [1.29, 1.82) is 0 Å². The highest BCUT2D eigenvalue weighted by Gasteiger charge is 2.48. The molecule has 1 aliphatic carbocycles. The quantitative estimate of drug-likeness (QED) is 0.586. The summed E-state index contributed by atoms with van der Waals surface area (Å²) in [7, 11) is 1.58. The van der Waals surface area contributed by atoms with Crippen LogP contribution >= 0.6 is 11.6 Å². The molecule has 1 N–H and O–H groups in total.